The number of halogens is 2. The molecule has 0 aliphatic carbocycles. The lowest BCUT2D eigenvalue weighted by Gasteiger charge is -2.18. The normalized spacial score (nSPS) is 14.0. The molecule has 0 saturated carbocycles. The number of carbonyl (C=O) groups excluding carboxylic acids is 1. The Morgan fingerprint density at radius 3 is 2.52 bits per heavy atom. The Bertz CT molecular complexity index is 460. The van der Waals surface area contributed by atoms with Gasteiger partial charge in [0.1, 0.15) is 17.7 Å². The molecule has 0 heterocycles. The molecule has 0 fully saturated rings. The monoisotopic (exact) mass is 298 g/mol. The molecule has 0 N–H and O–H groups in total. The summed E-state index contributed by atoms with van der Waals surface area (Å²) >= 11 is 0. The van der Waals surface area contributed by atoms with Crippen molar-refractivity contribution < 1.29 is 18.3 Å². The van der Waals surface area contributed by atoms with Crippen molar-refractivity contribution in [2.75, 3.05) is 0 Å². The van der Waals surface area contributed by atoms with Crippen LogP contribution in [0, 0.1) is 11.6 Å². The number of carbonyl (C=O) groups is 1. The smallest absolute Gasteiger partial charge is 0.194 e. The van der Waals surface area contributed by atoms with E-state index in [4.69, 9.17) is 4.74 Å². The summed E-state index contributed by atoms with van der Waals surface area (Å²) in [5, 5.41) is 0. The SMILES string of the molecule is CCCCCCC(C)OC(C)C(=O)c1ccc(F)cc1F. The summed E-state index contributed by atoms with van der Waals surface area (Å²) in [6, 6.07) is 2.96. The quantitative estimate of drug-likeness (QED) is 0.478. The molecule has 2 nitrogen and oxygen atoms in total. The molecule has 0 aromatic heterocycles. The van der Waals surface area contributed by atoms with Gasteiger partial charge in [0.2, 0.25) is 0 Å². The number of hydrogen-bond acceptors (Lipinski definition) is 2. The molecule has 0 aliphatic heterocycles. The van der Waals surface area contributed by atoms with Gasteiger partial charge in [-0.2, -0.15) is 0 Å². The van der Waals surface area contributed by atoms with E-state index in [0.717, 1.165) is 25.3 Å². The molecule has 4 heteroatoms. The average Bonchev–Trinajstić information content (AvgIpc) is 2.43. The summed E-state index contributed by atoms with van der Waals surface area (Å²) in [7, 11) is 0. The second-order valence-corrected chi connectivity index (χ2v) is 5.43. The fourth-order valence-corrected chi connectivity index (χ4v) is 2.25. The summed E-state index contributed by atoms with van der Waals surface area (Å²) < 4.78 is 32.0. The van der Waals surface area contributed by atoms with Crippen LogP contribution in [0.5, 0.6) is 0 Å². The first-order valence-corrected chi connectivity index (χ1v) is 7.60. The minimum atomic E-state index is -0.842. The standard InChI is InChI=1S/C17H24F2O2/c1-4-5-6-7-8-12(2)21-13(3)17(20)15-10-9-14(18)11-16(15)19/h9-13H,4-8H2,1-3H3. The van der Waals surface area contributed by atoms with Crippen LogP contribution in [0.4, 0.5) is 8.78 Å². The number of Topliss-reactive ketones (excluding diaryl/α,β-unsaturated/α-hetero) is 1. The predicted molar refractivity (Wildman–Crippen MR) is 79.5 cm³/mol. The Morgan fingerprint density at radius 1 is 1.19 bits per heavy atom. The van der Waals surface area contributed by atoms with Crippen LogP contribution in [-0.4, -0.2) is 18.0 Å². The van der Waals surface area contributed by atoms with Crippen molar-refractivity contribution in [2.24, 2.45) is 0 Å². The van der Waals surface area contributed by atoms with Crippen molar-refractivity contribution in [3.05, 3.63) is 35.4 Å². The van der Waals surface area contributed by atoms with E-state index in [9.17, 15) is 13.6 Å². The highest BCUT2D eigenvalue weighted by molar-refractivity contribution is 5.99. The van der Waals surface area contributed by atoms with Crippen molar-refractivity contribution in [2.45, 2.75) is 65.1 Å². The molecule has 0 radical (unpaired) electrons. The molecule has 1 aromatic carbocycles. The fourth-order valence-electron chi connectivity index (χ4n) is 2.25. The first kappa shape index (κ1) is 17.8. The topological polar surface area (TPSA) is 26.3 Å². The Balaban J connectivity index is 2.50. The van der Waals surface area contributed by atoms with Gasteiger partial charge >= 0.3 is 0 Å². The second-order valence-electron chi connectivity index (χ2n) is 5.43. The van der Waals surface area contributed by atoms with Crippen LogP contribution in [0.25, 0.3) is 0 Å². The summed E-state index contributed by atoms with van der Waals surface area (Å²) in [5.41, 5.74) is -0.123. The Labute approximate surface area is 125 Å². The third-order valence-electron chi connectivity index (χ3n) is 3.47. The fraction of sp³-hybridized carbons (Fsp3) is 0.588. The van der Waals surface area contributed by atoms with Gasteiger partial charge in [0.05, 0.1) is 11.7 Å². The van der Waals surface area contributed by atoms with Gasteiger partial charge < -0.3 is 4.74 Å². The lowest BCUT2D eigenvalue weighted by molar-refractivity contribution is 0.00809. The molecule has 0 saturated heterocycles. The number of hydrogen-bond donors (Lipinski definition) is 0. The van der Waals surface area contributed by atoms with E-state index in [-0.39, 0.29) is 11.7 Å². The summed E-state index contributed by atoms with van der Waals surface area (Å²) in [4.78, 5) is 12.1. The molecule has 118 valence electrons. The number of unbranched alkanes of at least 4 members (excludes halogenated alkanes) is 3. The van der Waals surface area contributed by atoms with Crippen LogP contribution >= 0.6 is 0 Å². The number of ether oxygens (including phenoxy) is 1. The maximum atomic E-state index is 13.6. The Kier molecular flexibility index (Phi) is 7.51. The van der Waals surface area contributed by atoms with Crippen molar-refractivity contribution in [3.8, 4) is 0 Å². The Hall–Kier alpha value is -1.29. The van der Waals surface area contributed by atoms with Crippen molar-refractivity contribution in [1.82, 2.24) is 0 Å². The molecule has 1 rings (SSSR count). The summed E-state index contributed by atoms with van der Waals surface area (Å²) in [6.07, 6.45) is 4.68. The molecule has 0 bridgehead atoms. The maximum absolute atomic E-state index is 13.6. The van der Waals surface area contributed by atoms with E-state index in [1.807, 2.05) is 6.92 Å². The van der Waals surface area contributed by atoms with Crippen LogP contribution < -0.4 is 0 Å². The predicted octanol–water partition coefficient (Wildman–Crippen LogP) is 4.91. The lowest BCUT2D eigenvalue weighted by Crippen LogP contribution is -2.26. The average molecular weight is 298 g/mol. The highest BCUT2D eigenvalue weighted by Gasteiger charge is 2.21. The largest absolute Gasteiger partial charge is 0.367 e. The highest BCUT2D eigenvalue weighted by atomic mass is 19.1. The molecular weight excluding hydrogens is 274 g/mol. The van der Waals surface area contributed by atoms with Gasteiger partial charge in [-0.3, -0.25) is 4.79 Å². The molecular formula is C17H24F2O2. The van der Waals surface area contributed by atoms with Crippen molar-refractivity contribution in [3.63, 3.8) is 0 Å². The molecule has 2 unspecified atom stereocenters. The van der Waals surface area contributed by atoms with E-state index in [0.29, 0.717) is 6.07 Å². The Morgan fingerprint density at radius 2 is 1.90 bits per heavy atom. The number of ketones is 1. The van der Waals surface area contributed by atoms with Gasteiger partial charge in [-0.15, -0.1) is 0 Å². The minimum absolute atomic E-state index is 0.0516. The first-order valence-electron chi connectivity index (χ1n) is 7.60. The van der Waals surface area contributed by atoms with Crippen LogP contribution in [0.3, 0.4) is 0 Å². The van der Waals surface area contributed by atoms with Gasteiger partial charge in [-0.1, -0.05) is 32.6 Å². The first-order chi connectivity index (χ1) is 9.95. The molecule has 21 heavy (non-hydrogen) atoms. The molecule has 0 amide bonds. The number of rotatable bonds is 9. The van der Waals surface area contributed by atoms with Gasteiger partial charge in [0, 0.05) is 6.07 Å². The third kappa shape index (κ3) is 5.92. The molecule has 0 aliphatic rings. The van der Waals surface area contributed by atoms with Gasteiger partial charge in [-0.05, 0) is 32.4 Å². The lowest BCUT2D eigenvalue weighted by atomic mass is 10.1. The third-order valence-corrected chi connectivity index (χ3v) is 3.47. The second kappa shape index (κ2) is 8.88. The van der Waals surface area contributed by atoms with E-state index >= 15 is 0 Å². The van der Waals surface area contributed by atoms with Crippen molar-refractivity contribution in [1.29, 1.82) is 0 Å². The zero-order valence-corrected chi connectivity index (χ0v) is 13.0. The molecule has 2 atom stereocenters. The highest BCUT2D eigenvalue weighted by Crippen LogP contribution is 2.16. The van der Waals surface area contributed by atoms with Crippen LogP contribution in [0.15, 0.2) is 18.2 Å². The summed E-state index contributed by atoms with van der Waals surface area (Å²) in [6.45, 7) is 5.67. The van der Waals surface area contributed by atoms with Crippen molar-refractivity contribution >= 4 is 5.78 Å². The van der Waals surface area contributed by atoms with E-state index < -0.39 is 23.5 Å². The van der Waals surface area contributed by atoms with Gasteiger partial charge in [-0.25, -0.2) is 8.78 Å². The van der Waals surface area contributed by atoms with E-state index in [1.165, 1.54) is 18.9 Å². The zero-order valence-electron chi connectivity index (χ0n) is 13.0. The van der Waals surface area contributed by atoms with Crippen LogP contribution in [0.1, 0.15) is 63.2 Å². The maximum Gasteiger partial charge on any atom is 0.194 e. The minimum Gasteiger partial charge on any atom is -0.367 e. The molecule has 1 aromatic rings. The van der Waals surface area contributed by atoms with Gasteiger partial charge in [0.25, 0.3) is 0 Å². The summed E-state index contributed by atoms with van der Waals surface area (Å²) in [5.74, 6) is -1.99. The zero-order chi connectivity index (χ0) is 15.8. The van der Waals surface area contributed by atoms with E-state index in [1.54, 1.807) is 6.92 Å². The molecule has 0 spiro atoms. The van der Waals surface area contributed by atoms with Crippen LogP contribution in [0.2, 0.25) is 0 Å². The van der Waals surface area contributed by atoms with Crippen LogP contribution in [-0.2, 0) is 4.74 Å². The van der Waals surface area contributed by atoms with Gasteiger partial charge in [0.15, 0.2) is 5.78 Å². The number of benzene rings is 1. The van der Waals surface area contributed by atoms with E-state index in [2.05, 4.69) is 6.92 Å².